The number of hydrogen-bond donors (Lipinski definition) is 0. The number of pyridine rings is 1. The highest BCUT2D eigenvalue weighted by atomic mass is 35.5. The molecule has 224 valence electrons. The van der Waals surface area contributed by atoms with Crippen molar-refractivity contribution in [3.05, 3.63) is 83.6 Å². The monoisotopic (exact) mass is 652 g/mol. The molecule has 4 heterocycles. The van der Waals surface area contributed by atoms with E-state index in [0.29, 0.717) is 46.3 Å². The molecule has 0 radical (unpaired) electrons. The Bertz CT molecular complexity index is 1580. The number of likely N-dealkylation sites (tertiary alicyclic amines) is 1. The van der Waals surface area contributed by atoms with Crippen molar-refractivity contribution >= 4 is 46.2 Å². The van der Waals surface area contributed by atoms with E-state index in [2.05, 4.69) is 10.1 Å². The first kappa shape index (κ1) is 30.4. The van der Waals surface area contributed by atoms with E-state index in [1.165, 1.54) is 16.2 Å². The van der Waals surface area contributed by atoms with Gasteiger partial charge in [-0.2, -0.15) is 26.3 Å². The maximum atomic E-state index is 13.4. The number of piperidine rings is 1. The second-order valence-corrected chi connectivity index (χ2v) is 11.4. The van der Waals surface area contributed by atoms with Crippen LogP contribution in [0.5, 0.6) is 0 Å². The zero-order chi connectivity index (χ0) is 30.4. The fourth-order valence-corrected chi connectivity index (χ4v) is 6.56. The molecule has 1 fully saturated rings. The molecule has 42 heavy (non-hydrogen) atoms. The molecule has 2 aliphatic rings. The largest absolute Gasteiger partial charge is 0.431 e. The maximum absolute atomic E-state index is 13.4. The minimum atomic E-state index is -5.17. The van der Waals surface area contributed by atoms with Crippen LogP contribution in [0.3, 0.4) is 0 Å². The van der Waals surface area contributed by atoms with E-state index in [-0.39, 0.29) is 35.7 Å². The van der Waals surface area contributed by atoms with Gasteiger partial charge in [0.25, 0.3) is 5.56 Å². The van der Waals surface area contributed by atoms with Gasteiger partial charge in [0.2, 0.25) is 5.91 Å². The Balaban J connectivity index is 1.23. The summed E-state index contributed by atoms with van der Waals surface area (Å²) in [5.41, 5.74) is -3.48. The Morgan fingerprint density at radius 1 is 1.02 bits per heavy atom. The van der Waals surface area contributed by atoms with E-state index in [1.807, 2.05) is 5.38 Å². The SMILES string of the molecule is O=C(Cn1c(C(F)(F)F)ccc(C(F)(F)F)c1=O)N1CCC(c2nc(C3=NOC(c4c(Cl)cccc4Cl)C3)cs2)CC1. The predicted octanol–water partition coefficient (Wildman–Crippen LogP) is 6.92. The Morgan fingerprint density at radius 3 is 2.31 bits per heavy atom. The van der Waals surface area contributed by atoms with Crippen LogP contribution in [0.2, 0.25) is 10.0 Å². The van der Waals surface area contributed by atoms with Crippen molar-refractivity contribution in [3.63, 3.8) is 0 Å². The molecular weight excluding hydrogens is 633 g/mol. The Morgan fingerprint density at radius 2 is 1.69 bits per heavy atom. The molecule has 5 rings (SSSR count). The van der Waals surface area contributed by atoms with Crippen LogP contribution in [0.4, 0.5) is 26.3 Å². The number of benzene rings is 1. The number of amides is 1. The minimum Gasteiger partial charge on any atom is -0.387 e. The maximum Gasteiger partial charge on any atom is 0.431 e. The van der Waals surface area contributed by atoms with E-state index in [0.717, 1.165) is 5.01 Å². The molecule has 2 aromatic heterocycles. The van der Waals surface area contributed by atoms with Crippen molar-refractivity contribution in [3.8, 4) is 0 Å². The standard InChI is InChI=1S/C26H20Cl2F6N4O3S/c27-15-2-1-3-16(28)22(15)19-10-17(36-41-19)18-12-42-23(35-18)13-6-8-37(9-7-13)21(39)11-38-20(26(32,33)34)5-4-14(24(38)40)25(29,30)31/h1-5,12-13,19H,6-11H2. The molecule has 1 unspecified atom stereocenters. The molecule has 7 nitrogen and oxygen atoms in total. The predicted molar refractivity (Wildman–Crippen MR) is 143 cm³/mol. The van der Waals surface area contributed by atoms with Crippen LogP contribution in [0.15, 0.2) is 45.7 Å². The molecular formula is C26H20Cl2F6N4O3S. The first-order chi connectivity index (χ1) is 19.7. The van der Waals surface area contributed by atoms with Gasteiger partial charge in [0.05, 0.1) is 10.7 Å². The number of alkyl halides is 6. The van der Waals surface area contributed by atoms with Gasteiger partial charge in [-0.1, -0.05) is 34.4 Å². The molecule has 16 heteroatoms. The summed E-state index contributed by atoms with van der Waals surface area (Å²) in [5.74, 6) is -0.950. The first-order valence-electron chi connectivity index (χ1n) is 12.5. The molecule has 2 aliphatic heterocycles. The molecule has 1 atom stereocenters. The van der Waals surface area contributed by atoms with Crippen LogP contribution in [-0.4, -0.2) is 39.2 Å². The summed E-state index contributed by atoms with van der Waals surface area (Å²) in [6.45, 7) is -0.907. The lowest BCUT2D eigenvalue weighted by Crippen LogP contribution is -2.43. The molecule has 1 amide bonds. The quantitative estimate of drug-likeness (QED) is 0.280. The average Bonchev–Trinajstić information content (AvgIpc) is 3.59. The number of nitrogens with zero attached hydrogens (tertiary/aromatic N) is 4. The Labute approximate surface area is 248 Å². The molecule has 0 N–H and O–H groups in total. The minimum absolute atomic E-state index is 0.0634. The van der Waals surface area contributed by atoms with Crippen molar-refractivity contribution in [2.24, 2.45) is 5.16 Å². The van der Waals surface area contributed by atoms with Gasteiger partial charge < -0.3 is 9.74 Å². The highest BCUT2D eigenvalue weighted by Crippen LogP contribution is 2.39. The highest BCUT2D eigenvalue weighted by Gasteiger charge is 2.40. The Kier molecular flexibility index (Phi) is 8.33. The second kappa shape index (κ2) is 11.5. The van der Waals surface area contributed by atoms with Gasteiger partial charge in [-0.3, -0.25) is 14.2 Å². The zero-order valence-electron chi connectivity index (χ0n) is 21.3. The second-order valence-electron chi connectivity index (χ2n) is 9.72. The molecule has 0 spiro atoms. The molecule has 1 aromatic carbocycles. The molecule has 1 saturated heterocycles. The van der Waals surface area contributed by atoms with E-state index >= 15 is 0 Å². The summed E-state index contributed by atoms with van der Waals surface area (Å²) in [6, 6.07) is 5.37. The van der Waals surface area contributed by atoms with E-state index in [1.54, 1.807) is 18.2 Å². The third kappa shape index (κ3) is 6.16. The summed E-state index contributed by atoms with van der Waals surface area (Å²) in [4.78, 5) is 36.6. The van der Waals surface area contributed by atoms with Crippen LogP contribution >= 0.6 is 34.5 Å². The third-order valence-corrected chi connectivity index (χ3v) is 8.73. The topological polar surface area (TPSA) is 76.8 Å². The number of aromatic nitrogens is 2. The summed E-state index contributed by atoms with van der Waals surface area (Å²) in [6.07, 6.45) is -9.54. The lowest BCUT2D eigenvalue weighted by molar-refractivity contribution is -0.149. The van der Waals surface area contributed by atoms with Crippen LogP contribution in [-0.2, 0) is 28.5 Å². The number of oxime groups is 1. The van der Waals surface area contributed by atoms with Gasteiger partial charge in [0.1, 0.15) is 23.5 Å². The van der Waals surface area contributed by atoms with Crippen LogP contribution in [0, 0.1) is 0 Å². The number of hydrogen-bond acceptors (Lipinski definition) is 6. The van der Waals surface area contributed by atoms with Gasteiger partial charge in [0, 0.05) is 46.4 Å². The van der Waals surface area contributed by atoms with Gasteiger partial charge in [-0.15, -0.1) is 11.3 Å². The Hall–Kier alpha value is -3.10. The number of rotatable bonds is 5. The van der Waals surface area contributed by atoms with E-state index in [9.17, 15) is 35.9 Å². The molecule has 0 saturated carbocycles. The summed E-state index contributed by atoms with van der Waals surface area (Å²) in [7, 11) is 0. The van der Waals surface area contributed by atoms with Crippen molar-refractivity contribution in [2.45, 2.75) is 50.2 Å². The van der Waals surface area contributed by atoms with Crippen LogP contribution in [0.25, 0.3) is 0 Å². The molecule has 0 bridgehead atoms. The lowest BCUT2D eigenvalue weighted by atomic mass is 9.97. The van der Waals surface area contributed by atoms with Crippen molar-refractivity contribution in [2.75, 3.05) is 13.1 Å². The summed E-state index contributed by atoms with van der Waals surface area (Å²) < 4.78 is 79.7. The zero-order valence-corrected chi connectivity index (χ0v) is 23.6. The van der Waals surface area contributed by atoms with E-state index in [4.69, 9.17) is 28.0 Å². The first-order valence-corrected chi connectivity index (χ1v) is 14.2. The van der Waals surface area contributed by atoms with Crippen LogP contribution < -0.4 is 5.56 Å². The number of thiazole rings is 1. The molecule has 0 aliphatic carbocycles. The number of carbonyl (C=O) groups excluding carboxylic acids is 1. The summed E-state index contributed by atoms with van der Waals surface area (Å²) >= 11 is 13.9. The number of carbonyl (C=O) groups is 1. The van der Waals surface area contributed by atoms with Gasteiger partial charge in [-0.05, 0) is 37.1 Å². The average molecular weight is 653 g/mol. The molecule has 3 aromatic rings. The third-order valence-electron chi connectivity index (χ3n) is 7.07. The lowest BCUT2D eigenvalue weighted by Gasteiger charge is -2.31. The van der Waals surface area contributed by atoms with Crippen molar-refractivity contribution in [1.82, 2.24) is 14.5 Å². The van der Waals surface area contributed by atoms with Crippen molar-refractivity contribution in [1.29, 1.82) is 0 Å². The van der Waals surface area contributed by atoms with Crippen LogP contribution in [0.1, 0.15) is 58.8 Å². The fraction of sp³-hybridized carbons (Fsp3) is 0.385. The van der Waals surface area contributed by atoms with Crippen molar-refractivity contribution < 1.29 is 36.0 Å². The highest BCUT2D eigenvalue weighted by molar-refractivity contribution is 7.10. The smallest absolute Gasteiger partial charge is 0.387 e. The van der Waals surface area contributed by atoms with E-state index < -0.39 is 47.7 Å². The van der Waals surface area contributed by atoms with Gasteiger partial charge in [0.15, 0.2) is 6.10 Å². The van der Waals surface area contributed by atoms with Gasteiger partial charge in [-0.25, -0.2) is 4.98 Å². The number of halogens is 8. The fourth-order valence-electron chi connectivity index (χ4n) is 4.92. The summed E-state index contributed by atoms with van der Waals surface area (Å²) in [5, 5.41) is 7.65. The van der Waals surface area contributed by atoms with Gasteiger partial charge >= 0.3 is 12.4 Å². The normalized spacial score (nSPS) is 18.2.